The van der Waals surface area contributed by atoms with Gasteiger partial charge in [-0.2, -0.15) is 0 Å². The van der Waals surface area contributed by atoms with Gasteiger partial charge >= 0.3 is 0 Å². The third-order valence-corrected chi connectivity index (χ3v) is 2.85. The van der Waals surface area contributed by atoms with E-state index in [4.69, 9.17) is 10.7 Å². The maximum absolute atomic E-state index is 13.4. The lowest BCUT2D eigenvalue weighted by Gasteiger charge is -2.06. The first-order valence-corrected chi connectivity index (χ1v) is 6.70. The zero-order valence-corrected chi connectivity index (χ0v) is 9.91. The van der Waals surface area contributed by atoms with Gasteiger partial charge in [0.25, 0.3) is 0 Å². The molecule has 0 aromatic heterocycles. The maximum Gasteiger partial charge on any atom is 0.236 e. The Morgan fingerprint density at radius 2 is 1.75 bits per heavy atom. The summed E-state index contributed by atoms with van der Waals surface area (Å²) >= 11 is 0. The summed E-state index contributed by atoms with van der Waals surface area (Å²) in [5.74, 6) is -3.07. The molecule has 0 bridgehead atoms. The van der Waals surface area contributed by atoms with Crippen LogP contribution >= 0.6 is 10.7 Å². The highest BCUT2D eigenvalue weighted by molar-refractivity contribution is 8.13. The molecule has 0 saturated carbocycles. The molecule has 0 amide bonds. The summed E-state index contributed by atoms with van der Waals surface area (Å²) in [5.41, 5.74) is -0.275. The van der Waals surface area contributed by atoms with E-state index in [0.717, 1.165) is 0 Å². The van der Waals surface area contributed by atoms with E-state index in [0.29, 0.717) is 0 Å². The maximum atomic E-state index is 13.4. The van der Waals surface area contributed by atoms with E-state index in [2.05, 4.69) is 4.74 Å². The molecule has 0 unspecified atom stereocenters. The Labute approximate surface area is 96.4 Å². The van der Waals surface area contributed by atoms with Gasteiger partial charge in [0.05, 0.1) is 12.4 Å². The van der Waals surface area contributed by atoms with E-state index < -0.39 is 26.4 Å². The fourth-order valence-electron chi connectivity index (χ4n) is 1.19. The second-order valence-corrected chi connectivity index (χ2v) is 5.90. The predicted molar refractivity (Wildman–Crippen MR) is 55.5 cm³/mol. The van der Waals surface area contributed by atoms with E-state index >= 15 is 0 Å². The summed E-state index contributed by atoms with van der Waals surface area (Å²) in [7, 11) is 2.39. The van der Waals surface area contributed by atoms with Crippen molar-refractivity contribution in [2.45, 2.75) is 12.4 Å². The molecule has 0 radical (unpaired) electrons. The topological polar surface area (TPSA) is 43.4 Å². The molecular weight excluding hydrogens is 262 g/mol. The molecule has 0 aliphatic heterocycles. The van der Waals surface area contributed by atoms with Gasteiger partial charge in [0.15, 0.2) is 11.6 Å². The lowest BCUT2D eigenvalue weighted by molar-refractivity contribution is 0.180. The zero-order valence-electron chi connectivity index (χ0n) is 8.34. The molecule has 90 valence electrons. The van der Waals surface area contributed by atoms with Crippen molar-refractivity contribution >= 4 is 19.7 Å². The Bertz CT molecular complexity index is 488. The van der Waals surface area contributed by atoms with Gasteiger partial charge in [-0.05, 0) is 0 Å². The van der Waals surface area contributed by atoms with Gasteiger partial charge in [0.1, 0.15) is 0 Å². The second-order valence-electron chi connectivity index (χ2n) is 3.13. The Balaban J connectivity index is 3.12. The first-order valence-electron chi connectivity index (χ1n) is 4.22. The molecule has 0 fully saturated rings. The molecule has 0 aliphatic rings. The largest absolute Gasteiger partial charge is 0.380 e. The summed E-state index contributed by atoms with van der Waals surface area (Å²) in [6.07, 6.45) is 0. The normalized spacial score (nSPS) is 11.8. The van der Waals surface area contributed by atoms with Crippen LogP contribution in [-0.2, 0) is 26.1 Å². The number of ether oxygens (including phenoxy) is 1. The fourth-order valence-corrected chi connectivity index (χ4v) is 2.14. The van der Waals surface area contributed by atoms with E-state index in [-0.39, 0.29) is 17.7 Å². The SMILES string of the molecule is COCc1ccc(CS(=O)(=O)Cl)c(F)c1F. The highest BCUT2D eigenvalue weighted by Gasteiger charge is 2.17. The van der Waals surface area contributed by atoms with Crippen molar-refractivity contribution in [3.8, 4) is 0 Å². The molecule has 1 rings (SSSR count). The third-order valence-electron chi connectivity index (χ3n) is 1.87. The summed E-state index contributed by atoms with van der Waals surface area (Å²) < 4.78 is 52.8. The highest BCUT2D eigenvalue weighted by atomic mass is 35.7. The fraction of sp³-hybridized carbons (Fsp3) is 0.333. The van der Waals surface area contributed by atoms with Crippen molar-refractivity contribution in [2.75, 3.05) is 7.11 Å². The van der Waals surface area contributed by atoms with Gasteiger partial charge < -0.3 is 4.74 Å². The van der Waals surface area contributed by atoms with Crippen molar-refractivity contribution in [3.05, 3.63) is 34.9 Å². The minimum Gasteiger partial charge on any atom is -0.380 e. The van der Waals surface area contributed by atoms with Gasteiger partial charge in [0, 0.05) is 28.9 Å². The number of rotatable bonds is 4. The number of benzene rings is 1. The van der Waals surface area contributed by atoms with E-state index in [1.54, 1.807) is 0 Å². The standard InChI is InChI=1S/C9H9ClF2O3S/c1-15-4-6-2-3-7(5-16(10,13)14)9(12)8(6)11/h2-3H,4-5H2,1H3. The monoisotopic (exact) mass is 270 g/mol. The molecule has 0 atom stereocenters. The average molecular weight is 271 g/mol. The Morgan fingerprint density at radius 1 is 1.25 bits per heavy atom. The zero-order chi connectivity index (χ0) is 12.3. The van der Waals surface area contributed by atoms with Gasteiger partial charge in [-0.25, -0.2) is 17.2 Å². The Morgan fingerprint density at radius 3 is 2.25 bits per heavy atom. The van der Waals surface area contributed by atoms with Crippen LogP contribution in [0, 0.1) is 11.6 Å². The van der Waals surface area contributed by atoms with Crippen molar-refractivity contribution in [2.24, 2.45) is 0 Å². The van der Waals surface area contributed by atoms with Crippen LogP contribution in [0.5, 0.6) is 0 Å². The number of hydrogen-bond acceptors (Lipinski definition) is 3. The van der Waals surface area contributed by atoms with Crippen molar-refractivity contribution in [1.82, 2.24) is 0 Å². The summed E-state index contributed by atoms with van der Waals surface area (Å²) in [6.45, 7) is -0.0866. The van der Waals surface area contributed by atoms with Gasteiger partial charge in [-0.3, -0.25) is 0 Å². The van der Waals surface area contributed by atoms with Crippen molar-refractivity contribution in [3.63, 3.8) is 0 Å². The molecule has 3 nitrogen and oxygen atoms in total. The molecule has 1 aromatic rings. The van der Waals surface area contributed by atoms with Crippen molar-refractivity contribution < 1.29 is 21.9 Å². The molecule has 1 aromatic carbocycles. The summed E-state index contributed by atoms with van der Waals surface area (Å²) in [5, 5.41) is 0. The number of methoxy groups -OCH3 is 1. The van der Waals surface area contributed by atoms with Gasteiger partial charge in [-0.1, -0.05) is 12.1 Å². The smallest absolute Gasteiger partial charge is 0.236 e. The van der Waals surface area contributed by atoms with Crippen LogP contribution in [0.4, 0.5) is 8.78 Å². The van der Waals surface area contributed by atoms with Crippen LogP contribution in [-0.4, -0.2) is 15.5 Å². The predicted octanol–water partition coefficient (Wildman–Crippen LogP) is 2.18. The van der Waals surface area contributed by atoms with E-state index in [1.807, 2.05) is 0 Å². The van der Waals surface area contributed by atoms with Gasteiger partial charge in [-0.15, -0.1) is 0 Å². The minimum atomic E-state index is -3.91. The molecule has 0 saturated heterocycles. The number of halogens is 3. The Kier molecular flexibility index (Phi) is 4.23. The average Bonchev–Trinajstić information content (AvgIpc) is 2.16. The quantitative estimate of drug-likeness (QED) is 0.788. The first-order chi connectivity index (χ1) is 7.35. The third kappa shape index (κ3) is 3.40. The lowest BCUT2D eigenvalue weighted by Crippen LogP contribution is -2.04. The molecule has 0 spiro atoms. The van der Waals surface area contributed by atoms with Crippen LogP contribution in [0.2, 0.25) is 0 Å². The van der Waals surface area contributed by atoms with E-state index in [9.17, 15) is 17.2 Å². The summed E-state index contributed by atoms with van der Waals surface area (Å²) in [6, 6.07) is 2.44. The number of hydrogen-bond donors (Lipinski definition) is 0. The van der Waals surface area contributed by atoms with Crippen LogP contribution in [0.1, 0.15) is 11.1 Å². The van der Waals surface area contributed by atoms with Gasteiger partial charge in [0.2, 0.25) is 9.05 Å². The molecular formula is C9H9ClF2O3S. The molecule has 0 heterocycles. The van der Waals surface area contributed by atoms with Crippen LogP contribution in [0.25, 0.3) is 0 Å². The lowest BCUT2D eigenvalue weighted by atomic mass is 10.1. The van der Waals surface area contributed by atoms with Crippen molar-refractivity contribution in [1.29, 1.82) is 0 Å². The minimum absolute atomic E-state index is 0.0238. The molecule has 0 aliphatic carbocycles. The highest BCUT2D eigenvalue weighted by Crippen LogP contribution is 2.20. The molecule has 16 heavy (non-hydrogen) atoms. The molecule has 0 N–H and O–H groups in total. The Hall–Kier alpha value is -0.720. The van der Waals surface area contributed by atoms with E-state index in [1.165, 1.54) is 19.2 Å². The van der Waals surface area contributed by atoms with Crippen LogP contribution < -0.4 is 0 Å². The molecule has 7 heteroatoms. The van der Waals surface area contributed by atoms with Crippen LogP contribution in [0.15, 0.2) is 12.1 Å². The second kappa shape index (κ2) is 5.07. The first kappa shape index (κ1) is 13.3. The van der Waals surface area contributed by atoms with Crippen LogP contribution in [0.3, 0.4) is 0 Å². The summed E-state index contributed by atoms with van der Waals surface area (Å²) in [4.78, 5) is 0.